The molecule has 3 N–H and O–H groups in total. The van der Waals surface area contributed by atoms with Gasteiger partial charge >= 0.3 is 0 Å². The highest BCUT2D eigenvalue weighted by Crippen LogP contribution is 2.36. The van der Waals surface area contributed by atoms with Crippen molar-refractivity contribution in [2.75, 3.05) is 17.6 Å². The Kier molecular flexibility index (Phi) is 2.48. The number of nitrogen functional groups attached to an aromatic ring is 1. The van der Waals surface area contributed by atoms with Crippen molar-refractivity contribution in [2.24, 2.45) is 0 Å². The molecule has 0 bridgehead atoms. The molecule has 2 nitrogen and oxygen atoms in total. The average Bonchev–Trinajstić information content (AvgIpc) is 2.38. The van der Waals surface area contributed by atoms with Crippen LogP contribution in [0.1, 0.15) is 23.5 Å². The summed E-state index contributed by atoms with van der Waals surface area (Å²) in [5.74, 6) is 0.468. The van der Waals surface area contributed by atoms with Gasteiger partial charge in [-0.1, -0.05) is 30.3 Å². The maximum absolute atomic E-state index is 5.87. The van der Waals surface area contributed by atoms with Crippen LogP contribution in [0.2, 0.25) is 0 Å². The van der Waals surface area contributed by atoms with Gasteiger partial charge in [0.05, 0.1) is 0 Å². The van der Waals surface area contributed by atoms with Gasteiger partial charge in [-0.05, 0) is 35.7 Å². The molecule has 17 heavy (non-hydrogen) atoms. The summed E-state index contributed by atoms with van der Waals surface area (Å²) in [5, 5.41) is 3.45. The predicted octanol–water partition coefficient (Wildman–Crippen LogP) is 3.22. The van der Waals surface area contributed by atoms with Crippen molar-refractivity contribution >= 4 is 11.4 Å². The minimum absolute atomic E-state index is 0.468. The first kappa shape index (κ1) is 10.2. The van der Waals surface area contributed by atoms with Gasteiger partial charge in [-0.2, -0.15) is 0 Å². The van der Waals surface area contributed by atoms with Gasteiger partial charge in [-0.15, -0.1) is 0 Å². The first-order valence-electron chi connectivity index (χ1n) is 6.03. The standard InChI is InChI=1S/C15H16N2/c16-12-5-3-4-11(10-12)13-8-9-17-15-7-2-1-6-14(13)15/h1-7,10,13,17H,8-9,16H2/t13-/m0/s1. The average molecular weight is 224 g/mol. The van der Waals surface area contributed by atoms with E-state index >= 15 is 0 Å². The van der Waals surface area contributed by atoms with Gasteiger partial charge in [0.15, 0.2) is 0 Å². The quantitative estimate of drug-likeness (QED) is 0.730. The van der Waals surface area contributed by atoms with Crippen molar-refractivity contribution < 1.29 is 0 Å². The van der Waals surface area contributed by atoms with E-state index in [4.69, 9.17) is 5.73 Å². The molecule has 0 saturated carbocycles. The topological polar surface area (TPSA) is 38.0 Å². The molecule has 0 aliphatic carbocycles. The van der Waals surface area contributed by atoms with E-state index in [1.807, 2.05) is 12.1 Å². The molecule has 2 aromatic rings. The van der Waals surface area contributed by atoms with Crippen LogP contribution in [0.25, 0.3) is 0 Å². The SMILES string of the molecule is Nc1cccc([C@@H]2CCNc3ccccc32)c1. The van der Waals surface area contributed by atoms with Crippen molar-refractivity contribution in [1.29, 1.82) is 0 Å². The Hall–Kier alpha value is -1.96. The Morgan fingerprint density at radius 2 is 1.94 bits per heavy atom. The number of fused-ring (bicyclic) bond motifs is 1. The van der Waals surface area contributed by atoms with E-state index in [0.29, 0.717) is 5.92 Å². The van der Waals surface area contributed by atoms with Crippen LogP contribution in [0, 0.1) is 0 Å². The summed E-state index contributed by atoms with van der Waals surface area (Å²) in [7, 11) is 0. The molecule has 0 spiro atoms. The van der Waals surface area contributed by atoms with Crippen LogP contribution >= 0.6 is 0 Å². The number of hydrogen-bond acceptors (Lipinski definition) is 2. The largest absolute Gasteiger partial charge is 0.399 e. The molecule has 1 aliphatic rings. The lowest BCUT2D eigenvalue weighted by atomic mass is 9.85. The summed E-state index contributed by atoms with van der Waals surface area (Å²) >= 11 is 0. The molecule has 1 atom stereocenters. The van der Waals surface area contributed by atoms with Gasteiger partial charge < -0.3 is 11.1 Å². The van der Waals surface area contributed by atoms with E-state index in [1.165, 1.54) is 16.8 Å². The number of para-hydroxylation sites is 1. The molecular formula is C15H16N2. The summed E-state index contributed by atoms with van der Waals surface area (Å²) in [6.45, 7) is 1.02. The minimum atomic E-state index is 0.468. The third-order valence-electron chi connectivity index (χ3n) is 3.40. The molecule has 0 amide bonds. The highest BCUT2D eigenvalue weighted by atomic mass is 14.9. The Balaban J connectivity index is 2.06. The highest BCUT2D eigenvalue weighted by Gasteiger charge is 2.20. The van der Waals surface area contributed by atoms with E-state index in [9.17, 15) is 0 Å². The van der Waals surface area contributed by atoms with Crippen molar-refractivity contribution in [1.82, 2.24) is 0 Å². The van der Waals surface area contributed by atoms with Crippen LogP contribution in [0.15, 0.2) is 48.5 Å². The molecule has 0 fully saturated rings. The monoisotopic (exact) mass is 224 g/mol. The second-order valence-electron chi connectivity index (χ2n) is 4.53. The second-order valence-corrected chi connectivity index (χ2v) is 4.53. The molecule has 3 rings (SSSR count). The molecular weight excluding hydrogens is 208 g/mol. The molecule has 86 valence electrons. The van der Waals surface area contributed by atoms with Gasteiger partial charge in [0.1, 0.15) is 0 Å². The van der Waals surface area contributed by atoms with Crippen molar-refractivity contribution in [3.63, 3.8) is 0 Å². The van der Waals surface area contributed by atoms with Crippen molar-refractivity contribution in [3.8, 4) is 0 Å². The molecule has 1 heterocycles. The van der Waals surface area contributed by atoms with Crippen LogP contribution < -0.4 is 11.1 Å². The first-order valence-corrected chi connectivity index (χ1v) is 6.03. The maximum atomic E-state index is 5.87. The number of nitrogens with one attached hydrogen (secondary N) is 1. The summed E-state index contributed by atoms with van der Waals surface area (Å²) in [4.78, 5) is 0. The van der Waals surface area contributed by atoms with Gasteiger partial charge in [0.25, 0.3) is 0 Å². The van der Waals surface area contributed by atoms with Gasteiger partial charge in [-0.3, -0.25) is 0 Å². The van der Waals surface area contributed by atoms with Gasteiger partial charge in [-0.25, -0.2) is 0 Å². The fourth-order valence-electron chi connectivity index (χ4n) is 2.59. The van der Waals surface area contributed by atoms with Crippen LogP contribution in [0.5, 0.6) is 0 Å². The van der Waals surface area contributed by atoms with Gasteiger partial charge in [0, 0.05) is 23.8 Å². The number of anilines is 2. The summed E-state index contributed by atoms with van der Waals surface area (Å²) in [6, 6.07) is 16.8. The smallest absolute Gasteiger partial charge is 0.0379 e. The second kappa shape index (κ2) is 4.13. The molecule has 1 aliphatic heterocycles. The molecule has 0 aromatic heterocycles. The molecule has 0 unspecified atom stereocenters. The fourth-order valence-corrected chi connectivity index (χ4v) is 2.59. The summed E-state index contributed by atoms with van der Waals surface area (Å²) in [5.41, 5.74) is 10.7. The highest BCUT2D eigenvalue weighted by molar-refractivity contribution is 5.58. The number of nitrogens with two attached hydrogens (primary N) is 1. The number of benzene rings is 2. The van der Waals surface area contributed by atoms with Gasteiger partial charge in [0.2, 0.25) is 0 Å². The lowest BCUT2D eigenvalue weighted by Crippen LogP contribution is -2.17. The molecule has 0 radical (unpaired) electrons. The van der Waals surface area contributed by atoms with E-state index in [2.05, 4.69) is 41.7 Å². The van der Waals surface area contributed by atoms with Crippen LogP contribution in [0.3, 0.4) is 0 Å². The zero-order valence-electron chi connectivity index (χ0n) is 9.69. The molecule has 2 heteroatoms. The van der Waals surface area contributed by atoms with Crippen LogP contribution in [-0.4, -0.2) is 6.54 Å². The summed E-state index contributed by atoms with van der Waals surface area (Å²) in [6.07, 6.45) is 1.13. The lowest BCUT2D eigenvalue weighted by molar-refractivity contribution is 0.720. The van der Waals surface area contributed by atoms with Crippen molar-refractivity contribution in [3.05, 3.63) is 59.7 Å². The predicted molar refractivity (Wildman–Crippen MR) is 72.2 cm³/mol. The Morgan fingerprint density at radius 1 is 1.06 bits per heavy atom. The molecule has 0 saturated heterocycles. The maximum Gasteiger partial charge on any atom is 0.0379 e. The molecule has 2 aromatic carbocycles. The van der Waals surface area contributed by atoms with E-state index in [-0.39, 0.29) is 0 Å². The van der Waals surface area contributed by atoms with E-state index in [1.54, 1.807) is 0 Å². The van der Waals surface area contributed by atoms with Crippen molar-refractivity contribution in [2.45, 2.75) is 12.3 Å². The van der Waals surface area contributed by atoms with E-state index in [0.717, 1.165) is 18.7 Å². The Bertz CT molecular complexity index is 534. The summed E-state index contributed by atoms with van der Waals surface area (Å²) < 4.78 is 0. The third kappa shape index (κ3) is 1.86. The fraction of sp³-hybridized carbons (Fsp3) is 0.200. The van der Waals surface area contributed by atoms with Crippen LogP contribution in [0.4, 0.5) is 11.4 Å². The zero-order valence-corrected chi connectivity index (χ0v) is 9.69. The van der Waals surface area contributed by atoms with E-state index < -0.39 is 0 Å². The Morgan fingerprint density at radius 3 is 2.82 bits per heavy atom. The zero-order chi connectivity index (χ0) is 11.7. The number of hydrogen-bond donors (Lipinski definition) is 2. The van der Waals surface area contributed by atoms with Crippen LogP contribution in [-0.2, 0) is 0 Å². The first-order chi connectivity index (χ1) is 8.34. The lowest BCUT2D eigenvalue weighted by Gasteiger charge is -2.27. The minimum Gasteiger partial charge on any atom is -0.399 e. The normalized spacial score (nSPS) is 18.2. The third-order valence-corrected chi connectivity index (χ3v) is 3.40. The number of rotatable bonds is 1. The Labute approximate surface area is 101 Å².